The average Bonchev–Trinajstić information content (AvgIpc) is 2.76. The van der Waals surface area contributed by atoms with E-state index in [0.717, 1.165) is 36.8 Å². The molecule has 2 aromatic heterocycles. The van der Waals surface area contributed by atoms with Crippen LogP contribution in [0.15, 0.2) is 53.6 Å². The van der Waals surface area contributed by atoms with Gasteiger partial charge in [0.05, 0.1) is 6.20 Å². The number of benzene rings is 1. The second-order valence-electron chi connectivity index (χ2n) is 7.81. The zero-order valence-electron chi connectivity index (χ0n) is 17.2. The Morgan fingerprint density at radius 1 is 1.06 bits per heavy atom. The topological polar surface area (TPSA) is 99.8 Å². The molecule has 3 aromatic rings. The van der Waals surface area contributed by atoms with Crippen LogP contribution in [0.4, 0.5) is 10.3 Å². The van der Waals surface area contributed by atoms with Gasteiger partial charge in [0.2, 0.25) is 17.4 Å². The van der Waals surface area contributed by atoms with E-state index in [1.54, 1.807) is 18.3 Å². The molecule has 3 N–H and O–H groups in total. The predicted octanol–water partition coefficient (Wildman–Crippen LogP) is 3.50. The Hall–Kier alpha value is -3.55. The molecule has 7 nitrogen and oxygen atoms in total. The highest BCUT2D eigenvalue weighted by Gasteiger charge is 2.22. The summed E-state index contributed by atoms with van der Waals surface area (Å²) in [6.07, 6.45) is 6.26. The molecule has 0 radical (unpaired) electrons. The molecule has 1 aliphatic carbocycles. The van der Waals surface area contributed by atoms with Crippen molar-refractivity contribution < 1.29 is 9.18 Å². The van der Waals surface area contributed by atoms with Crippen molar-refractivity contribution >= 4 is 11.9 Å². The van der Waals surface area contributed by atoms with E-state index in [0.29, 0.717) is 11.5 Å². The van der Waals surface area contributed by atoms with Gasteiger partial charge in [-0.15, -0.1) is 0 Å². The number of rotatable bonds is 5. The number of H-pyrrole nitrogens is 1. The Morgan fingerprint density at radius 3 is 2.52 bits per heavy atom. The van der Waals surface area contributed by atoms with Crippen LogP contribution >= 0.6 is 0 Å². The van der Waals surface area contributed by atoms with E-state index in [1.165, 1.54) is 19.2 Å². The van der Waals surface area contributed by atoms with Crippen LogP contribution in [0.5, 0.6) is 0 Å². The number of pyridine rings is 1. The third kappa shape index (κ3) is 5.14. The molecule has 1 fully saturated rings. The molecule has 0 saturated heterocycles. The van der Waals surface area contributed by atoms with Gasteiger partial charge >= 0.3 is 0 Å². The van der Waals surface area contributed by atoms with E-state index in [2.05, 4.69) is 25.6 Å². The fraction of sp³-hybridized carbons (Fsp3) is 0.304. The molecule has 160 valence electrons. The molecule has 0 atom stereocenters. The zero-order chi connectivity index (χ0) is 21.8. The first-order valence-corrected chi connectivity index (χ1v) is 10.3. The van der Waals surface area contributed by atoms with Crippen LogP contribution in [0.3, 0.4) is 0 Å². The summed E-state index contributed by atoms with van der Waals surface area (Å²) in [5, 5.41) is 6.26. The number of aromatic nitrogens is 3. The zero-order valence-corrected chi connectivity index (χ0v) is 17.2. The monoisotopic (exact) mass is 421 g/mol. The number of carbonyl (C=O) groups excluding carboxylic acids is 1. The van der Waals surface area contributed by atoms with Gasteiger partial charge < -0.3 is 15.6 Å². The summed E-state index contributed by atoms with van der Waals surface area (Å²) in [7, 11) is 0. The smallest absolute Gasteiger partial charge is 0.248 e. The Balaban J connectivity index is 1.52. The normalized spacial score (nSPS) is 18.4. The molecule has 0 bridgehead atoms. The quantitative estimate of drug-likeness (QED) is 0.586. The lowest BCUT2D eigenvalue weighted by Gasteiger charge is -2.29. The summed E-state index contributed by atoms with van der Waals surface area (Å²) in [5.41, 5.74) is 2.16. The van der Waals surface area contributed by atoms with Crippen molar-refractivity contribution in [3.63, 3.8) is 0 Å². The van der Waals surface area contributed by atoms with Crippen LogP contribution in [0.1, 0.15) is 32.6 Å². The molecule has 2 heterocycles. The first-order valence-electron chi connectivity index (χ1n) is 10.3. The van der Waals surface area contributed by atoms with E-state index in [1.807, 2.05) is 18.2 Å². The molecule has 1 aliphatic rings. The van der Waals surface area contributed by atoms with Crippen LogP contribution in [0, 0.1) is 5.82 Å². The number of carbonyl (C=O) groups is 1. The highest BCUT2D eigenvalue weighted by Crippen LogP contribution is 2.27. The van der Waals surface area contributed by atoms with Gasteiger partial charge in [-0.25, -0.2) is 14.4 Å². The molecule has 1 saturated carbocycles. The van der Waals surface area contributed by atoms with Crippen LogP contribution in [0.2, 0.25) is 0 Å². The van der Waals surface area contributed by atoms with Crippen molar-refractivity contribution in [1.82, 2.24) is 20.3 Å². The van der Waals surface area contributed by atoms with Gasteiger partial charge in [0.25, 0.3) is 0 Å². The number of hydrogen-bond acceptors (Lipinski definition) is 5. The molecule has 0 unspecified atom stereocenters. The number of amides is 1. The Morgan fingerprint density at radius 2 is 1.77 bits per heavy atom. The summed E-state index contributed by atoms with van der Waals surface area (Å²) >= 11 is 0. The Bertz CT molecular complexity index is 1140. The maximum atomic E-state index is 14.6. The standard InChI is InChI=1S/C23H24FN5O2/c1-14(30)27-18-5-7-19(8-6-18)28-23-26-13-20(24)22(29-23)17-4-2-3-15(11-17)16-9-10-25-21(31)12-16/h2-4,9-13,18-19H,5-8H2,1H3,(H,25,31)(H,27,30)(H,26,28,29)/t18-,19-. The van der Waals surface area contributed by atoms with E-state index < -0.39 is 5.82 Å². The maximum absolute atomic E-state index is 14.6. The van der Waals surface area contributed by atoms with Crippen LogP contribution in [0.25, 0.3) is 22.4 Å². The highest BCUT2D eigenvalue weighted by molar-refractivity contribution is 5.73. The summed E-state index contributed by atoms with van der Waals surface area (Å²) in [4.78, 5) is 34.0. The minimum atomic E-state index is -0.511. The lowest BCUT2D eigenvalue weighted by Crippen LogP contribution is -2.39. The molecule has 1 amide bonds. The van der Waals surface area contributed by atoms with Crippen LogP contribution < -0.4 is 16.2 Å². The molecule has 4 rings (SSSR count). The van der Waals surface area contributed by atoms with Gasteiger partial charge in [0, 0.05) is 36.8 Å². The Labute approximate surface area is 179 Å². The number of nitrogens with zero attached hydrogens (tertiary/aromatic N) is 2. The van der Waals surface area contributed by atoms with Crippen molar-refractivity contribution in [2.45, 2.75) is 44.7 Å². The van der Waals surface area contributed by atoms with E-state index in [4.69, 9.17) is 0 Å². The maximum Gasteiger partial charge on any atom is 0.248 e. The van der Waals surface area contributed by atoms with Crippen LogP contribution in [-0.4, -0.2) is 32.9 Å². The fourth-order valence-electron chi connectivity index (χ4n) is 3.96. The van der Waals surface area contributed by atoms with Crippen molar-refractivity contribution in [1.29, 1.82) is 0 Å². The first kappa shape index (κ1) is 20.7. The first-order chi connectivity index (χ1) is 15.0. The molecule has 31 heavy (non-hydrogen) atoms. The van der Waals surface area contributed by atoms with Crippen molar-refractivity contribution in [2.24, 2.45) is 0 Å². The number of halogens is 1. The second-order valence-corrected chi connectivity index (χ2v) is 7.81. The molecule has 0 spiro atoms. The number of nitrogens with one attached hydrogen (secondary N) is 3. The van der Waals surface area contributed by atoms with Gasteiger partial charge in [-0.05, 0) is 48.9 Å². The van der Waals surface area contributed by atoms with Crippen molar-refractivity contribution in [3.8, 4) is 22.4 Å². The van der Waals surface area contributed by atoms with E-state index in [-0.39, 0.29) is 29.2 Å². The molecular weight excluding hydrogens is 397 g/mol. The summed E-state index contributed by atoms with van der Waals surface area (Å²) < 4.78 is 14.6. The molecular formula is C23H24FN5O2. The van der Waals surface area contributed by atoms with Gasteiger partial charge in [-0.3, -0.25) is 9.59 Å². The van der Waals surface area contributed by atoms with Gasteiger partial charge in [0.15, 0.2) is 5.82 Å². The fourth-order valence-corrected chi connectivity index (χ4v) is 3.96. The van der Waals surface area contributed by atoms with Crippen LogP contribution in [-0.2, 0) is 4.79 Å². The Kier molecular flexibility index (Phi) is 6.06. The highest BCUT2D eigenvalue weighted by atomic mass is 19.1. The number of aromatic amines is 1. The van der Waals surface area contributed by atoms with Gasteiger partial charge in [-0.1, -0.05) is 18.2 Å². The SMILES string of the molecule is CC(=O)N[C@H]1CC[C@H](Nc2ncc(F)c(-c3cccc(-c4cc[nH]c(=O)c4)c3)n2)CC1. The summed E-state index contributed by atoms with van der Waals surface area (Å²) in [6.45, 7) is 1.53. The van der Waals surface area contributed by atoms with E-state index in [9.17, 15) is 14.0 Å². The molecule has 0 aliphatic heterocycles. The minimum absolute atomic E-state index is 0.00902. The largest absolute Gasteiger partial charge is 0.354 e. The number of hydrogen-bond donors (Lipinski definition) is 3. The van der Waals surface area contributed by atoms with Gasteiger partial charge in [0.1, 0.15) is 5.69 Å². The van der Waals surface area contributed by atoms with Crippen molar-refractivity contribution in [2.75, 3.05) is 5.32 Å². The predicted molar refractivity (Wildman–Crippen MR) is 117 cm³/mol. The average molecular weight is 421 g/mol. The van der Waals surface area contributed by atoms with Gasteiger partial charge in [-0.2, -0.15) is 0 Å². The van der Waals surface area contributed by atoms with E-state index >= 15 is 0 Å². The third-order valence-corrected chi connectivity index (χ3v) is 5.46. The summed E-state index contributed by atoms with van der Waals surface area (Å²) in [5.74, 6) is -0.144. The lowest BCUT2D eigenvalue weighted by molar-refractivity contribution is -0.119. The van der Waals surface area contributed by atoms with Crippen molar-refractivity contribution in [3.05, 3.63) is 65.0 Å². The molecule has 1 aromatic carbocycles. The lowest BCUT2D eigenvalue weighted by atomic mass is 9.91. The summed E-state index contributed by atoms with van der Waals surface area (Å²) in [6, 6.07) is 10.9. The third-order valence-electron chi connectivity index (χ3n) is 5.46. The number of anilines is 1. The second kappa shape index (κ2) is 9.07. The minimum Gasteiger partial charge on any atom is -0.354 e. The molecule has 8 heteroatoms.